The average Bonchev–Trinajstić information content (AvgIpc) is 3.29. The lowest BCUT2D eigenvalue weighted by atomic mass is 9.66. The fourth-order valence-corrected chi connectivity index (χ4v) is 6.88. The number of carbonyl (C=O) groups excluding carboxylic acids is 3. The quantitative estimate of drug-likeness (QED) is 0.313. The zero-order valence-electron chi connectivity index (χ0n) is 25.0. The van der Waals surface area contributed by atoms with E-state index in [1.165, 1.54) is 11.1 Å². The van der Waals surface area contributed by atoms with Crippen molar-refractivity contribution in [3.63, 3.8) is 0 Å². The molecule has 2 saturated carbocycles. The number of nitrogens with zero attached hydrogens (tertiary/aromatic N) is 2. The highest BCUT2D eigenvalue weighted by molar-refractivity contribution is 6.01. The molecule has 9 nitrogen and oxygen atoms in total. The first-order chi connectivity index (χ1) is 19.7. The monoisotopic (exact) mass is 562 g/mol. The first-order valence-electron chi connectivity index (χ1n) is 15.4. The lowest BCUT2D eigenvalue weighted by Gasteiger charge is -2.42. The molecule has 0 radical (unpaired) electrons. The molecular formula is C32H46N6O3. The van der Waals surface area contributed by atoms with Crippen LogP contribution in [0.2, 0.25) is 0 Å². The Morgan fingerprint density at radius 1 is 1.05 bits per heavy atom. The van der Waals surface area contributed by atoms with Gasteiger partial charge in [-0.25, -0.2) is 0 Å². The highest BCUT2D eigenvalue weighted by atomic mass is 16.2. The van der Waals surface area contributed by atoms with Crippen molar-refractivity contribution in [3.05, 3.63) is 47.8 Å². The van der Waals surface area contributed by atoms with Crippen LogP contribution in [0.1, 0.15) is 88.2 Å². The minimum atomic E-state index is -0.647. The Balaban J connectivity index is 1.36. The van der Waals surface area contributed by atoms with Gasteiger partial charge in [0.05, 0.1) is 5.41 Å². The molecule has 222 valence electrons. The van der Waals surface area contributed by atoms with E-state index in [4.69, 9.17) is 0 Å². The van der Waals surface area contributed by atoms with E-state index in [1.807, 2.05) is 24.3 Å². The second kappa shape index (κ2) is 12.0. The summed E-state index contributed by atoms with van der Waals surface area (Å²) < 4.78 is 1.54. The van der Waals surface area contributed by atoms with Gasteiger partial charge in [0.25, 0.3) is 5.91 Å². The molecule has 0 bridgehead atoms. The predicted octanol–water partition coefficient (Wildman–Crippen LogP) is 3.91. The van der Waals surface area contributed by atoms with E-state index >= 15 is 0 Å². The number of hydrogen-bond acceptors (Lipinski definition) is 5. The molecule has 2 heterocycles. The average molecular weight is 563 g/mol. The maximum Gasteiger partial charge on any atom is 0.270 e. The third-order valence-corrected chi connectivity index (χ3v) is 10.1. The first kappa shape index (κ1) is 29.3. The summed E-state index contributed by atoms with van der Waals surface area (Å²) in [7, 11) is 1.73. The molecule has 1 saturated heterocycles. The minimum Gasteiger partial charge on any atom is -0.353 e. The van der Waals surface area contributed by atoms with Crippen LogP contribution in [0.5, 0.6) is 0 Å². The Morgan fingerprint density at radius 2 is 1.76 bits per heavy atom. The third kappa shape index (κ3) is 5.92. The second-order valence-electron chi connectivity index (χ2n) is 12.7. The van der Waals surface area contributed by atoms with Gasteiger partial charge in [-0.1, -0.05) is 52.2 Å². The number of amides is 3. The first-order valence-corrected chi connectivity index (χ1v) is 15.4. The van der Waals surface area contributed by atoms with Crippen LogP contribution in [0.15, 0.2) is 36.5 Å². The lowest BCUT2D eigenvalue weighted by molar-refractivity contribution is -0.127. The molecule has 3 amide bonds. The number of aryl methyl sites for hydroxylation is 1. The van der Waals surface area contributed by atoms with Gasteiger partial charge in [-0.2, -0.15) is 5.10 Å². The highest BCUT2D eigenvalue weighted by Crippen LogP contribution is 2.58. The zero-order valence-corrected chi connectivity index (χ0v) is 25.0. The molecule has 41 heavy (non-hydrogen) atoms. The number of carbonyl (C=O) groups is 3. The Labute approximate surface area is 243 Å². The van der Waals surface area contributed by atoms with E-state index in [9.17, 15) is 14.4 Å². The molecule has 3 atom stereocenters. The van der Waals surface area contributed by atoms with E-state index < -0.39 is 11.5 Å². The Bertz CT molecular complexity index is 1240. The smallest absolute Gasteiger partial charge is 0.270 e. The standard InChI is InChI=1S/C32H46N6O3/c1-5-23(6-2)36-30(41)32(17-19-33-20-32)22-10-12-24(13-11-22)35-29(40)27(37-28(39)25-14-18-34-38(25)4)26(21-8-7-9-21)31(3)15-16-31/h10-14,18,21,23,26-27,33H,5-9,15-17,19-20H2,1-4H3,(H,35,40)(H,36,41)(H,37,39)/t26?,27-,32?/m0/s1. The van der Waals surface area contributed by atoms with Crippen LogP contribution in [0.3, 0.4) is 0 Å². The Morgan fingerprint density at radius 3 is 2.27 bits per heavy atom. The van der Waals surface area contributed by atoms with E-state index in [0.717, 1.165) is 57.1 Å². The molecule has 3 aliphatic rings. The van der Waals surface area contributed by atoms with Gasteiger partial charge in [0.2, 0.25) is 11.8 Å². The maximum absolute atomic E-state index is 13.9. The van der Waals surface area contributed by atoms with Gasteiger partial charge < -0.3 is 21.3 Å². The highest BCUT2D eigenvalue weighted by Gasteiger charge is 2.54. The topological polar surface area (TPSA) is 117 Å². The molecule has 1 aromatic carbocycles. The molecule has 2 aliphatic carbocycles. The maximum atomic E-state index is 13.9. The molecule has 0 spiro atoms. The number of aromatic nitrogens is 2. The summed E-state index contributed by atoms with van der Waals surface area (Å²) in [6.45, 7) is 7.82. The summed E-state index contributed by atoms with van der Waals surface area (Å²) in [4.78, 5) is 40.7. The molecule has 9 heteroatoms. The number of benzene rings is 1. The molecule has 3 fully saturated rings. The van der Waals surface area contributed by atoms with Crippen LogP contribution in [0.4, 0.5) is 5.69 Å². The van der Waals surface area contributed by atoms with Crippen molar-refractivity contribution in [2.75, 3.05) is 18.4 Å². The zero-order chi connectivity index (χ0) is 29.2. The second-order valence-corrected chi connectivity index (χ2v) is 12.7. The SMILES string of the molecule is CCC(CC)NC(=O)C1(c2ccc(NC(=O)[C@@H](NC(=O)c3ccnn3C)C(C3CCC3)C3(C)CC3)cc2)CCNC1. The fraction of sp³-hybridized carbons (Fsp3) is 0.625. The van der Waals surface area contributed by atoms with Crippen LogP contribution in [-0.4, -0.2) is 52.7 Å². The van der Waals surface area contributed by atoms with E-state index in [1.54, 1.807) is 19.3 Å². The van der Waals surface area contributed by atoms with E-state index in [-0.39, 0.29) is 35.1 Å². The fourth-order valence-electron chi connectivity index (χ4n) is 6.88. The van der Waals surface area contributed by atoms with Gasteiger partial charge in [-0.05, 0) is 79.7 Å². The van der Waals surface area contributed by atoms with E-state index in [2.05, 4.69) is 47.1 Å². The van der Waals surface area contributed by atoms with Gasteiger partial charge in [-0.3, -0.25) is 19.1 Å². The summed E-state index contributed by atoms with van der Waals surface area (Å²) in [5.41, 5.74) is 1.47. The summed E-state index contributed by atoms with van der Waals surface area (Å²) in [5, 5.41) is 17.0. The summed E-state index contributed by atoms with van der Waals surface area (Å²) >= 11 is 0. The number of rotatable bonds is 12. The van der Waals surface area contributed by atoms with Gasteiger partial charge in [0.15, 0.2) is 0 Å². The van der Waals surface area contributed by atoms with Crippen molar-refractivity contribution in [2.24, 2.45) is 24.3 Å². The van der Waals surface area contributed by atoms with Crippen molar-refractivity contribution >= 4 is 23.4 Å². The van der Waals surface area contributed by atoms with Crippen LogP contribution >= 0.6 is 0 Å². The van der Waals surface area contributed by atoms with Crippen LogP contribution in [0.25, 0.3) is 0 Å². The van der Waals surface area contributed by atoms with Crippen molar-refractivity contribution in [1.82, 2.24) is 25.7 Å². The predicted molar refractivity (Wildman–Crippen MR) is 159 cm³/mol. The number of nitrogens with one attached hydrogen (secondary N) is 4. The van der Waals surface area contributed by atoms with Crippen molar-refractivity contribution < 1.29 is 14.4 Å². The molecule has 2 aromatic rings. The Kier molecular flexibility index (Phi) is 8.55. The minimum absolute atomic E-state index is 0.0563. The van der Waals surface area contributed by atoms with Gasteiger partial charge in [0.1, 0.15) is 11.7 Å². The largest absolute Gasteiger partial charge is 0.353 e. The molecule has 1 aromatic heterocycles. The molecule has 2 unspecified atom stereocenters. The summed E-state index contributed by atoms with van der Waals surface area (Å²) in [5.74, 6) is 0.0901. The number of hydrogen-bond donors (Lipinski definition) is 4. The third-order valence-electron chi connectivity index (χ3n) is 10.1. The lowest BCUT2D eigenvalue weighted by Crippen LogP contribution is -2.54. The molecule has 1 aliphatic heterocycles. The van der Waals surface area contributed by atoms with Crippen LogP contribution < -0.4 is 21.3 Å². The van der Waals surface area contributed by atoms with Gasteiger partial charge in [0, 0.05) is 31.5 Å². The molecular weight excluding hydrogens is 516 g/mol. The normalized spacial score (nSPS) is 23.0. The summed E-state index contributed by atoms with van der Waals surface area (Å²) in [6.07, 6.45) is 9.62. The van der Waals surface area contributed by atoms with Crippen molar-refractivity contribution in [1.29, 1.82) is 0 Å². The Hall–Kier alpha value is -3.20. The molecule has 5 rings (SSSR count). The summed E-state index contributed by atoms with van der Waals surface area (Å²) in [6, 6.07) is 8.88. The molecule has 4 N–H and O–H groups in total. The van der Waals surface area contributed by atoms with Crippen molar-refractivity contribution in [3.8, 4) is 0 Å². The van der Waals surface area contributed by atoms with Gasteiger partial charge in [-0.15, -0.1) is 0 Å². The number of anilines is 1. The van der Waals surface area contributed by atoms with Crippen LogP contribution in [0, 0.1) is 17.3 Å². The van der Waals surface area contributed by atoms with E-state index in [0.29, 0.717) is 23.8 Å². The van der Waals surface area contributed by atoms with Gasteiger partial charge >= 0.3 is 0 Å². The van der Waals surface area contributed by atoms with Crippen LogP contribution in [-0.2, 0) is 22.1 Å². The van der Waals surface area contributed by atoms with Crippen molar-refractivity contribution in [2.45, 2.75) is 89.6 Å².